The van der Waals surface area contributed by atoms with Gasteiger partial charge in [0.1, 0.15) is 0 Å². The lowest BCUT2D eigenvalue weighted by Gasteiger charge is -2.36. The van der Waals surface area contributed by atoms with E-state index in [4.69, 9.17) is 0 Å². The Hall–Kier alpha value is -0.380. The van der Waals surface area contributed by atoms with Gasteiger partial charge in [-0.2, -0.15) is 0 Å². The van der Waals surface area contributed by atoms with Gasteiger partial charge in [0.2, 0.25) is 0 Å². The standard InChI is InChI=1S/C15H24N2S/c1-11-5-6-15(18-11)12(2)16-13-7-9-17-8-3-4-14(17)10-13/h5-6,12-14,16H,3-4,7-10H2,1-2H3. The monoisotopic (exact) mass is 264 g/mol. The molecule has 0 radical (unpaired) electrons. The lowest BCUT2D eigenvalue weighted by atomic mass is 9.97. The highest BCUT2D eigenvalue weighted by Crippen LogP contribution is 2.29. The second kappa shape index (κ2) is 5.32. The van der Waals surface area contributed by atoms with Gasteiger partial charge in [-0.25, -0.2) is 0 Å². The third kappa shape index (κ3) is 2.63. The average molecular weight is 264 g/mol. The van der Waals surface area contributed by atoms with Crippen LogP contribution in [-0.2, 0) is 0 Å². The number of hydrogen-bond acceptors (Lipinski definition) is 3. The van der Waals surface area contributed by atoms with Gasteiger partial charge in [-0.15, -0.1) is 11.3 Å². The Morgan fingerprint density at radius 2 is 2.22 bits per heavy atom. The van der Waals surface area contributed by atoms with Crippen LogP contribution in [0.3, 0.4) is 0 Å². The van der Waals surface area contributed by atoms with Gasteiger partial charge in [-0.05, 0) is 64.8 Å². The van der Waals surface area contributed by atoms with Crippen LogP contribution < -0.4 is 5.32 Å². The van der Waals surface area contributed by atoms with Crippen molar-refractivity contribution in [3.63, 3.8) is 0 Å². The molecule has 0 aliphatic carbocycles. The Bertz CT molecular complexity index is 401. The average Bonchev–Trinajstić information content (AvgIpc) is 2.96. The highest BCUT2D eigenvalue weighted by molar-refractivity contribution is 7.12. The van der Waals surface area contributed by atoms with Crippen LogP contribution in [0.1, 0.15) is 48.4 Å². The number of hydrogen-bond donors (Lipinski definition) is 1. The second-order valence-corrected chi connectivity index (χ2v) is 7.21. The summed E-state index contributed by atoms with van der Waals surface area (Å²) in [6, 6.07) is 6.62. The molecule has 0 aromatic carbocycles. The van der Waals surface area contributed by atoms with Gasteiger partial charge in [0.05, 0.1) is 0 Å². The Labute approximate surface area is 114 Å². The normalized spacial score (nSPS) is 30.3. The Balaban J connectivity index is 1.56. The zero-order chi connectivity index (χ0) is 12.5. The highest BCUT2D eigenvalue weighted by atomic mass is 32.1. The molecule has 1 aromatic rings. The Kier molecular flexibility index (Phi) is 3.73. The van der Waals surface area contributed by atoms with E-state index in [-0.39, 0.29) is 0 Å². The first-order valence-electron chi connectivity index (χ1n) is 7.29. The first-order chi connectivity index (χ1) is 8.72. The lowest BCUT2D eigenvalue weighted by Crippen LogP contribution is -2.46. The molecule has 100 valence electrons. The first-order valence-corrected chi connectivity index (χ1v) is 8.10. The lowest BCUT2D eigenvalue weighted by molar-refractivity contribution is 0.162. The maximum atomic E-state index is 3.84. The predicted octanol–water partition coefficient (Wildman–Crippen LogP) is 3.33. The SMILES string of the molecule is Cc1ccc(C(C)NC2CCN3CCCC3C2)s1. The summed E-state index contributed by atoms with van der Waals surface area (Å²) >= 11 is 1.93. The number of thiophene rings is 1. The molecule has 1 aromatic heterocycles. The molecule has 3 heteroatoms. The first kappa shape index (κ1) is 12.6. The molecule has 3 atom stereocenters. The molecular formula is C15H24N2S. The van der Waals surface area contributed by atoms with Crippen molar-refractivity contribution < 1.29 is 0 Å². The quantitative estimate of drug-likeness (QED) is 0.901. The fourth-order valence-electron chi connectivity index (χ4n) is 3.50. The number of nitrogens with one attached hydrogen (secondary N) is 1. The number of aryl methyl sites for hydroxylation is 1. The predicted molar refractivity (Wildman–Crippen MR) is 78.2 cm³/mol. The zero-order valence-electron chi connectivity index (χ0n) is 11.5. The van der Waals surface area contributed by atoms with Gasteiger partial charge in [0.15, 0.2) is 0 Å². The van der Waals surface area contributed by atoms with Gasteiger partial charge in [-0.3, -0.25) is 0 Å². The van der Waals surface area contributed by atoms with Crippen LogP contribution in [-0.4, -0.2) is 30.1 Å². The number of piperidine rings is 1. The van der Waals surface area contributed by atoms with E-state index in [9.17, 15) is 0 Å². The van der Waals surface area contributed by atoms with Crippen molar-refractivity contribution in [2.24, 2.45) is 0 Å². The molecule has 3 unspecified atom stereocenters. The number of fused-ring (bicyclic) bond motifs is 1. The Morgan fingerprint density at radius 1 is 1.33 bits per heavy atom. The molecule has 0 saturated carbocycles. The maximum absolute atomic E-state index is 3.84. The zero-order valence-corrected chi connectivity index (χ0v) is 12.3. The molecule has 2 nitrogen and oxygen atoms in total. The summed E-state index contributed by atoms with van der Waals surface area (Å²) in [6.45, 7) is 7.15. The summed E-state index contributed by atoms with van der Waals surface area (Å²) in [6.07, 6.45) is 5.52. The molecule has 2 aliphatic heterocycles. The van der Waals surface area contributed by atoms with Crippen molar-refractivity contribution in [1.29, 1.82) is 0 Å². The van der Waals surface area contributed by atoms with Crippen molar-refractivity contribution >= 4 is 11.3 Å². The summed E-state index contributed by atoms with van der Waals surface area (Å²) in [5, 5.41) is 3.84. The third-order valence-electron chi connectivity index (χ3n) is 4.49. The van der Waals surface area contributed by atoms with Crippen LogP contribution in [0.5, 0.6) is 0 Å². The van der Waals surface area contributed by atoms with E-state index in [2.05, 4.69) is 36.2 Å². The van der Waals surface area contributed by atoms with E-state index in [0.717, 1.165) is 12.1 Å². The number of rotatable bonds is 3. The van der Waals surface area contributed by atoms with Crippen LogP contribution in [0.15, 0.2) is 12.1 Å². The van der Waals surface area contributed by atoms with E-state index in [0.29, 0.717) is 6.04 Å². The largest absolute Gasteiger partial charge is 0.307 e. The summed E-state index contributed by atoms with van der Waals surface area (Å²) in [4.78, 5) is 5.60. The van der Waals surface area contributed by atoms with Gasteiger partial charge in [0.25, 0.3) is 0 Å². The van der Waals surface area contributed by atoms with E-state index >= 15 is 0 Å². The number of nitrogens with zero attached hydrogens (tertiary/aromatic N) is 1. The smallest absolute Gasteiger partial charge is 0.0388 e. The fraction of sp³-hybridized carbons (Fsp3) is 0.733. The topological polar surface area (TPSA) is 15.3 Å². The van der Waals surface area contributed by atoms with Gasteiger partial charge >= 0.3 is 0 Å². The molecule has 0 spiro atoms. The van der Waals surface area contributed by atoms with Crippen LogP contribution >= 0.6 is 11.3 Å². The minimum absolute atomic E-state index is 0.515. The van der Waals surface area contributed by atoms with E-state index in [1.54, 1.807) is 0 Å². The summed E-state index contributed by atoms with van der Waals surface area (Å²) in [5.41, 5.74) is 0. The van der Waals surface area contributed by atoms with Crippen molar-refractivity contribution in [3.8, 4) is 0 Å². The maximum Gasteiger partial charge on any atom is 0.0388 e. The third-order valence-corrected chi connectivity index (χ3v) is 5.68. The highest BCUT2D eigenvalue weighted by Gasteiger charge is 2.32. The van der Waals surface area contributed by atoms with Crippen molar-refractivity contribution in [2.75, 3.05) is 13.1 Å². The summed E-state index contributed by atoms with van der Waals surface area (Å²) in [7, 11) is 0. The van der Waals surface area contributed by atoms with E-state index < -0.39 is 0 Å². The molecule has 0 amide bonds. The minimum atomic E-state index is 0.515. The van der Waals surface area contributed by atoms with Crippen LogP contribution in [0.4, 0.5) is 0 Å². The van der Waals surface area contributed by atoms with Crippen LogP contribution in [0.2, 0.25) is 0 Å². The molecule has 3 rings (SSSR count). The van der Waals surface area contributed by atoms with Crippen molar-refractivity contribution in [3.05, 3.63) is 21.9 Å². The second-order valence-electron chi connectivity index (χ2n) is 5.89. The molecule has 3 heterocycles. The fourth-order valence-corrected chi connectivity index (χ4v) is 4.39. The summed E-state index contributed by atoms with van der Waals surface area (Å²) in [5.74, 6) is 0. The molecule has 2 aliphatic rings. The minimum Gasteiger partial charge on any atom is -0.307 e. The van der Waals surface area contributed by atoms with Crippen molar-refractivity contribution in [2.45, 2.75) is 57.7 Å². The van der Waals surface area contributed by atoms with Gasteiger partial charge < -0.3 is 10.2 Å². The van der Waals surface area contributed by atoms with Gasteiger partial charge in [-0.1, -0.05) is 0 Å². The van der Waals surface area contributed by atoms with Crippen LogP contribution in [0, 0.1) is 6.92 Å². The van der Waals surface area contributed by atoms with Gasteiger partial charge in [0, 0.05) is 27.9 Å². The molecule has 1 N–H and O–H groups in total. The van der Waals surface area contributed by atoms with E-state index in [1.807, 2.05) is 11.3 Å². The molecule has 18 heavy (non-hydrogen) atoms. The molecule has 0 bridgehead atoms. The Morgan fingerprint density at radius 3 is 3.00 bits per heavy atom. The summed E-state index contributed by atoms with van der Waals surface area (Å²) < 4.78 is 0. The van der Waals surface area contributed by atoms with Crippen molar-refractivity contribution in [1.82, 2.24) is 10.2 Å². The molecule has 2 fully saturated rings. The van der Waals surface area contributed by atoms with E-state index in [1.165, 1.54) is 48.5 Å². The van der Waals surface area contributed by atoms with Crippen LogP contribution in [0.25, 0.3) is 0 Å². The molecule has 2 saturated heterocycles. The molecular weight excluding hydrogens is 240 g/mol.